The molecule has 0 aromatic heterocycles. The second-order valence-electron chi connectivity index (χ2n) is 4.09. The molecule has 0 aliphatic heterocycles. The third kappa shape index (κ3) is 7.30. The molecule has 0 aliphatic carbocycles. The number of hydrogen-bond acceptors (Lipinski definition) is 3. The molecule has 0 saturated heterocycles. The zero-order valence-electron chi connectivity index (χ0n) is 11.1. The number of nitrogens with one attached hydrogen (secondary N) is 1. The Morgan fingerprint density at radius 3 is 2.37 bits per heavy atom. The Hall–Kier alpha value is -0.910. The van der Waals surface area contributed by atoms with Crippen LogP contribution in [0, 0.1) is 0 Å². The first-order valence-electron chi connectivity index (χ1n) is 5.74. The van der Waals surface area contributed by atoms with Crippen molar-refractivity contribution in [2.24, 2.45) is 0 Å². The molecule has 1 unspecified atom stereocenters. The van der Waals surface area contributed by atoms with E-state index in [2.05, 4.69) is 5.32 Å². The third-order valence-electron chi connectivity index (χ3n) is 2.41. The molecule has 0 aliphatic rings. The molecule has 0 spiro atoms. The van der Waals surface area contributed by atoms with Gasteiger partial charge in [0.1, 0.15) is 0 Å². The molecule has 1 rings (SSSR count). The van der Waals surface area contributed by atoms with Crippen molar-refractivity contribution in [1.29, 1.82) is 0 Å². The molecule has 1 atom stereocenters. The van der Waals surface area contributed by atoms with E-state index < -0.39 is 12.1 Å². The van der Waals surface area contributed by atoms with Crippen LogP contribution in [0.3, 0.4) is 0 Å². The summed E-state index contributed by atoms with van der Waals surface area (Å²) < 4.78 is 12.5. The minimum atomic E-state index is -1.26. The van der Waals surface area contributed by atoms with Gasteiger partial charge < -0.3 is 15.2 Å². The van der Waals surface area contributed by atoms with Crippen LogP contribution in [-0.2, 0) is 4.79 Å². The Morgan fingerprint density at radius 1 is 1.32 bits per heavy atom. The summed E-state index contributed by atoms with van der Waals surface area (Å²) in [6.45, 7) is 1.45. The van der Waals surface area contributed by atoms with E-state index in [9.17, 15) is 19.1 Å². The molecule has 0 fully saturated rings. The Bertz CT molecular complexity index is 420. The van der Waals surface area contributed by atoms with Crippen LogP contribution in [0.1, 0.15) is 36.5 Å². The van der Waals surface area contributed by atoms with Gasteiger partial charge in [-0.3, -0.25) is 4.79 Å². The van der Waals surface area contributed by atoms with E-state index in [1.807, 2.05) is 0 Å². The van der Waals surface area contributed by atoms with Crippen LogP contribution in [0.4, 0.5) is 10.1 Å². The van der Waals surface area contributed by atoms with E-state index in [1.54, 1.807) is 0 Å². The standard InChI is InChI=1S/C13H16FNO3.Na/c1-9(14)3-2-4-12(16)15-11-7-5-10(6-8-11)13(17)18;/h5-9H,2-4H2,1H3,(H,15,16)(H,17,18);/q;+1/p-1. The van der Waals surface area contributed by atoms with E-state index in [4.69, 9.17) is 0 Å². The average molecular weight is 275 g/mol. The third-order valence-corrected chi connectivity index (χ3v) is 2.41. The molecule has 0 bridgehead atoms. The maximum Gasteiger partial charge on any atom is 1.00 e. The number of amides is 1. The molecule has 0 radical (unpaired) electrons. The number of carbonyl (C=O) groups excluding carboxylic acids is 2. The monoisotopic (exact) mass is 275 g/mol. The van der Waals surface area contributed by atoms with E-state index in [1.165, 1.54) is 31.2 Å². The summed E-state index contributed by atoms with van der Waals surface area (Å²) in [7, 11) is 0. The predicted octanol–water partition coefficient (Wildman–Crippen LogP) is -1.48. The quantitative estimate of drug-likeness (QED) is 0.644. The fourth-order valence-corrected chi connectivity index (χ4v) is 1.46. The number of carboxylic acid groups (broad SMARTS) is 1. The Balaban J connectivity index is 0.00000324. The Morgan fingerprint density at radius 2 is 1.89 bits per heavy atom. The first kappa shape index (κ1) is 18.1. The van der Waals surface area contributed by atoms with E-state index >= 15 is 0 Å². The van der Waals surface area contributed by atoms with Crippen molar-refractivity contribution in [3.8, 4) is 0 Å². The molecule has 4 nitrogen and oxygen atoms in total. The van der Waals surface area contributed by atoms with Crippen LogP contribution in [0.2, 0.25) is 0 Å². The first-order valence-corrected chi connectivity index (χ1v) is 5.74. The maximum absolute atomic E-state index is 12.5. The van der Waals surface area contributed by atoms with E-state index in [0.29, 0.717) is 18.5 Å². The average Bonchev–Trinajstić information content (AvgIpc) is 2.29. The molecule has 0 saturated carbocycles. The van der Waals surface area contributed by atoms with Gasteiger partial charge in [-0.05, 0) is 37.5 Å². The largest absolute Gasteiger partial charge is 1.00 e. The molecule has 1 amide bonds. The van der Waals surface area contributed by atoms with Crippen LogP contribution < -0.4 is 40.0 Å². The van der Waals surface area contributed by atoms with E-state index in [-0.39, 0.29) is 47.4 Å². The molecule has 98 valence electrons. The maximum atomic E-state index is 12.5. The molecule has 0 heterocycles. The minimum Gasteiger partial charge on any atom is -0.545 e. The molecule has 6 heteroatoms. The predicted molar refractivity (Wildman–Crippen MR) is 63.8 cm³/mol. The summed E-state index contributed by atoms with van der Waals surface area (Å²) in [6.07, 6.45) is 0.189. The van der Waals surface area contributed by atoms with Gasteiger partial charge in [-0.25, -0.2) is 4.39 Å². The summed E-state index contributed by atoms with van der Waals surface area (Å²) in [5.74, 6) is -1.47. The number of halogens is 1. The fraction of sp³-hybridized carbons (Fsp3) is 0.385. The SMILES string of the molecule is CC(F)CCCC(=O)Nc1ccc(C(=O)[O-])cc1.[Na+]. The van der Waals surface area contributed by atoms with Crippen LogP contribution in [0.25, 0.3) is 0 Å². The number of anilines is 1. The summed E-state index contributed by atoms with van der Waals surface area (Å²) in [5, 5.41) is 13.1. The van der Waals surface area contributed by atoms with Crippen molar-refractivity contribution in [3.63, 3.8) is 0 Å². The Labute approximate surface area is 133 Å². The van der Waals surface area contributed by atoms with Gasteiger partial charge in [-0.15, -0.1) is 0 Å². The summed E-state index contributed by atoms with van der Waals surface area (Å²) in [5.41, 5.74) is 0.567. The smallest absolute Gasteiger partial charge is 0.545 e. The van der Waals surface area contributed by atoms with Gasteiger partial charge in [-0.1, -0.05) is 12.1 Å². The van der Waals surface area contributed by atoms with Crippen LogP contribution in [0.15, 0.2) is 24.3 Å². The van der Waals surface area contributed by atoms with Crippen molar-refractivity contribution >= 4 is 17.6 Å². The summed E-state index contributed by atoms with van der Waals surface area (Å²) in [4.78, 5) is 22.0. The second-order valence-corrected chi connectivity index (χ2v) is 4.09. The van der Waals surface area contributed by atoms with Crippen LogP contribution in [0.5, 0.6) is 0 Å². The van der Waals surface area contributed by atoms with Crippen molar-refractivity contribution < 1.29 is 48.6 Å². The minimum absolute atomic E-state index is 0. The van der Waals surface area contributed by atoms with Gasteiger partial charge in [-0.2, -0.15) is 0 Å². The number of carbonyl (C=O) groups is 2. The van der Waals surface area contributed by atoms with Crippen molar-refractivity contribution in [1.82, 2.24) is 0 Å². The number of hydrogen-bond donors (Lipinski definition) is 1. The first-order chi connectivity index (χ1) is 8.49. The van der Waals surface area contributed by atoms with Crippen molar-refractivity contribution in [3.05, 3.63) is 29.8 Å². The summed E-state index contributed by atoms with van der Waals surface area (Å²) >= 11 is 0. The van der Waals surface area contributed by atoms with Gasteiger partial charge in [0, 0.05) is 12.1 Å². The Kier molecular flexibility index (Phi) is 8.63. The molecule has 1 N–H and O–H groups in total. The molecule has 19 heavy (non-hydrogen) atoms. The molecule has 1 aromatic rings. The van der Waals surface area contributed by atoms with Gasteiger partial charge in [0.05, 0.1) is 12.1 Å². The van der Waals surface area contributed by atoms with Crippen molar-refractivity contribution in [2.75, 3.05) is 5.32 Å². The fourth-order valence-electron chi connectivity index (χ4n) is 1.46. The summed E-state index contributed by atoms with van der Waals surface area (Å²) in [6, 6.07) is 5.69. The number of rotatable bonds is 6. The number of benzene rings is 1. The van der Waals surface area contributed by atoms with Crippen LogP contribution in [-0.4, -0.2) is 18.0 Å². The zero-order chi connectivity index (χ0) is 13.5. The van der Waals surface area contributed by atoms with Gasteiger partial charge >= 0.3 is 29.6 Å². The number of carboxylic acids is 1. The van der Waals surface area contributed by atoms with Crippen LogP contribution >= 0.6 is 0 Å². The number of aromatic carboxylic acids is 1. The second kappa shape index (κ2) is 9.07. The van der Waals surface area contributed by atoms with Crippen molar-refractivity contribution in [2.45, 2.75) is 32.4 Å². The topological polar surface area (TPSA) is 69.2 Å². The molecular formula is C13H15FNNaO3. The number of alkyl halides is 1. The zero-order valence-corrected chi connectivity index (χ0v) is 13.1. The van der Waals surface area contributed by atoms with Gasteiger partial charge in [0.15, 0.2) is 0 Å². The van der Waals surface area contributed by atoms with E-state index in [0.717, 1.165) is 0 Å². The normalized spacial score (nSPS) is 11.3. The van der Waals surface area contributed by atoms with Gasteiger partial charge in [0.2, 0.25) is 5.91 Å². The molecular weight excluding hydrogens is 260 g/mol. The molecule has 1 aromatic carbocycles. The van der Waals surface area contributed by atoms with Gasteiger partial charge in [0.25, 0.3) is 0 Å².